The maximum absolute atomic E-state index is 11.3. The van der Waals surface area contributed by atoms with Crippen LogP contribution in [0.2, 0.25) is 0 Å². The first-order valence-corrected chi connectivity index (χ1v) is 9.33. The first kappa shape index (κ1) is 17.2. The van der Waals surface area contributed by atoms with Gasteiger partial charge in [0.25, 0.3) is 0 Å². The van der Waals surface area contributed by atoms with E-state index in [1.54, 1.807) is 0 Å². The van der Waals surface area contributed by atoms with Gasteiger partial charge in [0.1, 0.15) is 0 Å². The van der Waals surface area contributed by atoms with Gasteiger partial charge in [0, 0.05) is 0 Å². The second-order valence-corrected chi connectivity index (χ2v) is 7.37. The standard InChI is InChI=1S/C11H14AsNO8/c1-2-3-6-20-11(14)21-10-5-4-8(12(15,16)17)7-9(10)13(18)19/h4-5,7H,2-3,6H2,1H3,(H2,15,16,17). The van der Waals surface area contributed by atoms with Gasteiger partial charge in [0.05, 0.1) is 0 Å². The van der Waals surface area contributed by atoms with Crippen molar-refractivity contribution < 1.29 is 31.1 Å². The molecule has 10 heteroatoms. The third-order valence-corrected chi connectivity index (χ3v) is 4.38. The summed E-state index contributed by atoms with van der Waals surface area (Å²) in [7, 11) is 0. The SMILES string of the molecule is CCCCOC(=O)Oc1ccc([As](=O)(O)O)cc1[N+](=O)[O-]. The summed E-state index contributed by atoms with van der Waals surface area (Å²) in [6, 6.07) is 2.62. The van der Waals surface area contributed by atoms with Gasteiger partial charge in [-0.15, -0.1) is 0 Å². The Morgan fingerprint density at radius 1 is 1.43 bits per heavy atom. The molecule has 0 bridgehead atoms. The van der Waals surface area contributed by atoms with E-state index in [9.17, 15) is 18.6 Å². The molecular weight excluding hydrogens is 349 g/mol. The predicted octanol–water partition coefficient (Wildman–Crippen LogP) is 0.471. The van der Waals surface area contributed by atoms with Crippen LogP contribution >= 0.6 is 0 Å². The van der Waals surface area contributed by atoms with Crippen LogP contribution in [0.4, 0.5) is 10.5 Å². The Balaban J connectivity index is 2.95. The average molecular weight is 363 g/mol. The van der Waals surface area contributed by atoms with Crippen LogP contribution in [0.15, 0.2) is 18.2 Å². The van der Waals surface area contributed by atoms with Gasteiger partial charge in [-0.2, -0.15) is 0 Å². The van der Waals surface area contributed by atoms with Crippen LogP contribution in [0.5, 0.6) is 5.75 Å². The molecule has 0 atom stereocenters. The second kappa shape index (κ2) is 7.26. The summed E-state index contributed by atoms with van der Waals surface area (Å²) < 4.78 is 38.0. The minimum atomic E-state index is -5.27. The number of nitro benzene ring substituents is 1. The quantitative estimate of drug-likeness (QED) is 0.186. The summed E-state index contributed by atoms with van der Waals surface area (Å²) in [5.41, 5.74) is -0.718. The Bertz CT molecular complexity index is 582. The third-order valence-electron chi connectivity index (χ3n) is 2.39. The van der Waals surface area contributed by atoms with Gasteiger partial charge in [-0.25, -0.2) is 0 Å². The molecule has 0 amide bonds. The van der Waals surface area contributed by atoms with E-state index >= 15 is 0 Å². The fourth-order valence-electron chi connectivity index (χ4n) is 1.34. The first-order valence-electron chi connectivity index (χ1n) is 5.95. The number of rotatable bonds is 6. The Morgan fingerprint density at radius 3 is 2.62 bits per heavy atom. The fourth-order valence-corrected chi connectivity index (χ4v) is 2.51. The van der Waals surface area contributed by atoms with E-state index in [4.69, 9.17) is 8.19 Å². The van der Waals surface area contributed by atoms with Gasteiger partial charge < -0.3 is 0 Å². The van der Waals surface area contributed by atoms with Gasteiger partial charge in [-0.1, -0.05) is 0 Å². The zero-order valence-electron chi connectivity index (χ0n) is 11.1. The molecule has 0 aliphatic heterocycles. The topological polar surface area (TPSA) is 136 Å². The second-order valence-electron chi connectivity index (χ2n) is 4.01. The molecule has 0 spiro atoms. The van der Waals surface area contributed by atoms with Crippen molar-refractivity contribution in [2.45, 2.75) is 19.8 Å². The number of carbonyl (C=O) groups is 1. The molecule has 0 aliphatic carbocycles. The molecule has 0 unspecified atom stereocenters. The molecule has 1 aromatic rings. The number of unbranched alkanes of at least 4 members (excludes halogenated alkanes) is 1. The summed E-state index contributed by atoms with van der Waals surface area (Å²) in [5.74, 6) is -0.436. The van der Waals surface area contributed by atoms with Gasteiger partial charge in [0.15, 0.2) is 0 Å². The number of carbonyl (C=O) groups excluding carboxylic acids is 1. The zero-order valence-corrected chi connectivity index (χ0v) is 13.0. The van der Waals surface area contributed by atoms with Crippen LogP contribution in [0.3, 0.4) is 0 Å². The summed E-state index contributed by atoms with van der Waals surface area (Å²) in [6.45, 7) is 2.01. The molecule has 9 nitrogen and oxygen atoms in total. The predicted molar refractivity (Wildman–Crippen MR) is 70.5 cm³/mol. The van der Waals surface area contributed by atoms with Crippen molar-refractivity contribution in [1.82, 2.24) is 0 Å². The van der Waals surface area contributed by atoms with E-state index in [2.05, 4.69) is 9.47 Å². The summed E-state index contributed by atoms with van der Waals surface area (Å²) in [4.78, 5) is 21.3. The zero-order chi connectivity index (χ0) is 16.0. The third kappa shape index (κ3) is 5.22. The van der Waals surface area contributed by atoms with E-state index in [1.165, 1.54) is 0 Å². The van der Waals surface area contributed by atoms with E-state index < -0.39 is 41.0 Å². The molecule has 0 fully saturated rings. The molecule has 0 saturated heterocycles. The van der Waals surface area contributed by atoms with E-state index in [1.807, 2.05) is 6.92 Å². The van der Waals surface area contributed by atoms with Gasteiger partial charge in [-0.3, -0.25) is 0 Å². The van der Waals surface area contributed by atoms with Crippen LogP contribution in [-0.4, -0.2) is 40.0 Å². The molecular formula is C11H14AsNO8. The van der Waals surface area contributed by atoms with E-state index in [-0.39, 0.29) is 6.61 Å². The molecule has 0 saturated carbocycles. The minimum absolute atomic E-state index is 0.118. The number of benzene rings is 1. The molecule has 0 aromatic heterocycles. The van der Waals surface area contributed by atoms with Gasteiger partial charge in [0.2, 0.25) is 0 Å². The van der Waals surface area contributed by atoms with E-state index in [0.29, 0.717) is 12.5 Å². The summed E-state index contributed by atoms with van der Waals surface area (Å²) >= 11 is -5.27. The maximum atomic E-state index is 11.3. The van der Waals surface area contributed by atoms with Crippen molar-refractivity contribution in [3.63, 3.8) is 0 Å². The molecule has 1 aromatic carbocycles. The summed E-state index contributed by atoms with van der Waals surface area (Å²) in [6.07, 6.45) is 0.310. The first-order chi connectivity index (χ1) is 9.75. The van der Waals surface area contributed by atoms with Crippen molar-refractivity contribution in [3.05, 3.63) is 28.3 Å². The summed E-state index contributed by atoms with van der Waals surface area (Å²) in [5, 5.41) is 10.9. The van der Waals surface area contributed by atoms with Gasteiger partial charge >= 0.3 is 122 Å². The van der Waals surface area contributed by atoms with E-state index in [0.717, 1.165) is 18.6 Å². The Hall–Kier alpha value is -1.83. The number of nitro groups is 1. The number of hydrogen-bond donors (Lipinski definition) is 2. The monoisotopic (exact) mass is 363 g/mol. The number of hydrogen-bond acceptors (Lipinski definition) is 6. The molecule has 0 radical (unpaired) electrons. The molecule has 0 aliphatic rings. The molecule has 116 valence electrons. The molecule has 21 heavy (non-hydrogen) atoms. The number of nitrogens with zero attached hydrogens (tertiary/aromatic N) is 1. The normalized spacial score (nSPS) is 11.0. The van der Waals surface area contributed by atoms with Crippen molar-refractivity contribution in [3.8, 4) is 5.75 Å². The van der Waals surface area contributed by atoms with Crippen LogP contribution in [0.25, 0.3) is 0 Å². The van der Waals surface area contributed by atoms with Gasteiger partial charge in [-0.05, 0) is 0 Å². The van der Waals surface area contributed by atoms with Crippen molar-refractivity contribution in [2.75, 3.05) is 6.61 Å². The van der Waals surface area contributed by atoms with Crippen LogP contribution in [-0.2, 0) is 8.48 Å². The van der Waals surface area contributed by atoms with Crippen LogP contribution < -0.4 is 9.09 Å². The Kier molecular flexibility index (Phi) is 5.95. The Morgan fingerprint density at radius 2 is 2.10 bits per heavy atom. The van der Waals surface area contributed by atoms with Crippen LogP contribution in [0, 0.1) is 10.1 Å². The Labute approximate surface area is 122 Å². The van der Waals surface area contributed by atoms with Crippen molar-refractivity contribution in [1.29, 1.82) is 0 Å². The molecule has 1 rings (SSSR count). The molecule has 2 N–H and O–H groups in total. The molecule has 0 heterocycles. The average Bonchev–Trinajstić information content (AvgIpc) is 2.37. The fraction of sp³-hybridized carbons (Fsp3) is 0.364. The van der Waals surface area contributed by atoms with Crippen LogP contribution in [0.1, 0.15) is 19.8 Å². The van der Waals surface area contributed by atoms with Crippen molar-refractivity contribution >= 4 is 30.4 Å². The number of ether oxygens (including phenoxy) is 2. The van der Waals surface area contributed by atoms with Crippen molar-refractivity contribution in [2.24, 2.45) is 0 Å².